The largest absolute Gasteiger partial charge is 0.493 e. The van der Waals surface area contributed by atoms with E-state index in [1.54, 1.807) is 24.3 Å². The van der Waals surface area contributed by atoms with Crippen molar-refractivity contribution in [3.05, 3.63) is 24.3 Å². The van der Waals surface area contributed by atoms with Crippen molar-refractivity contribution in [1.29, 1.82) is 0 Å². The highest BCUT2D eigenvalue weighted by atomic mass is 16.6. The van der Waals surface area contributed by atoms with Gasteiger partial charge in [-0.2, -0.15) is 0 Å². The molecule has 0 radical (unpaired) electrons. The lowest BCUT2D eigenvalue weighted by molar-refractivity contribution is -0.121. The van der Waals surface area contributed by atoms with E-state index < -0.39 is 6.09 Å². The first-order chi connectivity index (χ1) is 8.70. The number of carbonyl (C=O) groups is 2. The summed E-state index contributed by atoms with van der Waals surface area (Å²) in [5.74, 6) is 1.09. The fraction of sp³-hybridized carbons (Fsp3) is 0.385. The van der Waals surface area contributed by atoms with Crippen molar-refractivity contribution in [3.8, 4) is 11.5 Å². The van der Waals surface area contributed by atoms with Gasteiger partial charge in [0.05, 0.1) is 7.11 Å². The molecule has 0 N–H and O–H groups in total. The number of Topliss-reactive ketones (excluding diaryl/α,β-unsaturated/α-hetero) is 1. The van der Waals surface area contributed by atoms with E-state index in [9.17, 15) is 9.59 Å². The number of amides is 1. The van der Waals surface area contributed by atoms with Crippen molar-refractivity contribution < 1.29 is 19.1 Å². The summed E-state index contributed by atoms with van der Waals surface area (Å²) in [6, 6.07) is 6.97. The van der Waals surface area contributed by atoms with Crippen LogP contribution in [0.4, 0.5) is 4.79 Å². The van der Waals surface area contributed by atoms with Crippen LogP contribution in [0.15, 0.2) is 24.3 Å². The summed E-state index contributed by atoms with van der Waals surface area (Å²) in [5.41, 5.74) is 0. The Morgan fingerprint density at radius 1 is 1.17 bits per heavy atom. The number of nitrogens with zero attached hydrogens (tertiary/aromatic N) is 1. The second-order valence-electron chi connectivity index (χ2n) is 4.04. The Hall–Kier alpha value is -2.04. The molecule has 1 heterocycles. The first kappa shape index (κ1) is 12.4. The number of hydrogen-bond acceptors (Lipinski definition) is 4. The summed E-state index contributed by atoms with van der Waals surface area (Å²) in [5, 5.41) is 0. The molecule has 1 fully saturated rings. The summed E-state index contributed by atoms with van der Waals surface area (Å²) in [6.45, 7) is 0.847. The van der Waals surface area contributed by atoms with E-state index >= 15 is 0 Å². The van der Waals surface area contributed by atoms with E-state index in [2.05, 4.69) is 0 Å². The number of rotatable bonds is 2. The van der Waals surface area contributed by atoms with Crippen LogP contribution in [0.3, 0.4) is 0 Å². The van der Waals surface area contributed by atoms with E-state index in [1.165, 1.54) is 12.0 Å². The van der Waals surface area contributed by atoms with Gasteiger partial charge in [0, 0.05) is 25.9 Å². The Labute approximate surface area is 105 Å². The average molecular weight is 249 g/mol. The van der Waals surface area contributed by atoms with Gasteiger partial charge in [0.2, 0.25) is 0 Å². The third kappa shape index (κ3) is 2.80. The first-order valence-electron chi connectivity index (χ1n) is 5.82. The third-order valence-corrected chi connectivity index (χ3v) is 2.85. The zero-order chi connectivity index (χ0) is 13.0. The second kappa shape index (κ2) is 5.53. The van der Waals surface area contributed by atoms with Gasteiger partial charge in [0.1, 0.15) is 5.78 Å². The molecule has 5 heteroatoms. The molecule has 0 atom stereocenters. The number of benzene rings is 1. The van der Waals surface area contributed by atoms with E-state index in [4.69, 9.17) is 9.47 Å². The Morgan fingerprint density at radius 3 is 2.39 bits per heavy atom. The molecule has 1 amide bonds. The number of piperidine rings is 1. The van der Waals surface area contributed by atoms with Crippen LogP contribution in [-0.2, 0) is 4.79 Å². The van der Waals surface area contributed by atoms with E-state index in [-0.39, 0.29) is 5.78 Å². The molecule has 0 unspecified atom stereocenters. The molecule has 1 aliphatic rings. The van der Waals surface area contributed by atoms with Gasteiger partial charge in [-0.25, -0.2) is 4.79 Å². The van der Waals surface area contributed by atoms with E-state index in [1.807, 2.05) is 0 Å². The molecule has 1 saturated heterocycles. The molecular formula is C13H15NO4. The van der Waals surface area contributed by atoms with Gasteiger partial charge in [-0.05, 0) is 12.1 Å². The number of methoxy groups -OCH3 is 1. The van der Waals surface area contributed by atoms with Crippen LogP contribution >= 0.6 is 0 Å². The lowest BCUT2D eigenvalue weighted by Crippen LogP contribution is -2.40. The summed E-state index contributed by atoms with van der Waals surface area (Å²) in [4.78, 5) is 24.5. The maximum absolute atomic E-state index is 11.9. The fourth-order valence-corrected chi connectivity index (χ4v) is 1.80. The Morgan fingerprint density at radius 2 is 1.78 bits per heavy atom. The molecule has 0 saturated carbocycles. The van der Waals surface area contributed by atoms with Crippen molar-refractivity contribution in [2.45, 2.75) is 12.8 Å². The van der Waals surface area contributed by atoms with Crippen LogP contribution in [-0.4, -0.2) is 37.0 Å². The molecule has 0 spiro atoms. The van der Waals surface area contributed by atoms with Gasteiger partial charge in [-0.1, -0.05) is 12.1 Å². The quantitative estimate of drug-likeness (QED) is 0.802. The van der Waals surface area contributed by atoms with Gasteiger partial charge in [-0.15, -0.1) is 0 Å². The predicted octanol–water partition coefficient (Wildman–Crippen LogP) is 1.86. The SMILES string of the molecule is COc1ccccc1OC(=O)N1CCC(=O)CC1. The molecular weight excluding hydrogens is 234 g/mol. The minimum absolute atomic E-state index is 0.191. The van der Waals surface area contributed by atoms with Crippen molar-refractivity contribution in [2.24, 2.45) is 0 Å². The monoisotopic (exact) mass is 249 g/mol. The molecule has 96 valence electrons. The zero-order valence-electron chi connectivity index (χ0n) is 10.2. The van der Waals surface area contributed by atoms with Crippen LogP contribution < -0.4 is 9.47 Å². The highest BCUT2D eigenvalue weighted by Crippen LogP contribution is 2.26. The number of likely N-dealkylation sites (tertiary alicyclic amines) is 1. The normalized spacial score (nSPS) is 15.4. The van der Waals surface area contributed by atoms with E-state index in [0.717, 1.165) is 0 Å². The molecule has 0 bridgehead atoms. The smallest absolute Gasteiger partial charge is 0.415 e. The summed E-state index contributed by atoms with van der Waals surface area (Å²) in [6.07, 6.45) is 0.370. The Kier molecular flexibility index (Phi) is 3.82. The maximum atomic E-state index is 11.9. The summed E-state index contributed by atoms with van der Waals surface area (Å²) >= 11 is 0. The molecule has 0 aliphatic carbocycles. The number of para-hydroxylation sites is 2. The zero-order valence-corrected chi connectivity index (χ0v) is 10.2. The van der Waals surface area contributed by atoms with Gasteiger partial charge in [0.25, 0.3) is 0 Å². The van der Waals surface area contributed by atoms with Crippen LogP contribution in [0.25, 0.3) is 0 Å². The molecule has 1 aromatic rings. The van der Waals surface area contributed by atoms with Crippen molar-refractivity contribution >= 4 is 11.9 Å². The molecule has 1 aliphatic heterocycles. The summed E-state index contributed by atoms with van der Waals surface area (Å²) < 4.78 is 10.4. The average Bonchev–Trinajstić information content (AvgIpc) is 2.40. The van der Waals surface area contributed by atoms with E-state index in [0.29, 0.717) is 37.4 Å². The minimum atomic E-state index is -0.438. The number of carbonyl (C=O) groups excluding carboxylic acids is 2. The highest BCUT2D eigenvalue weighted by Gasteiger charge is 2.22. The van der Waals surface area contributed by atoms with Crippen molar-refractivity contribution in [3.63, 3.8) is 0 Å². The predicted molar refractivity (Wildman–Crippen MR) is 64.8 cm³/mol. The Balaban J connectivity index is 2.00. The van der Waals surface area contributed by atoms with Crippen LogP contribution in [0.1, 0.15) is 12.8 Å². The lowest BCUT2D eigenvalue weighted by Gasteiger charge is -2.25. The number of ketones is 1. The second-order valence-corrected chi connectivity index (χ2v) is 4.04. The lowest BCUT2D eigenvalue weighted by atomic mass is 10.1. The molecule has 2 rings (SSSR count). The van der Waals surface area contributed by atoms with Crippen molar-refractivity contribution in [1.82, 2.24) is 4.90 Å². The summed E-state index contributed by atoms with van der Waals surface area (Å²) in [7, 11) is 1.52. The van der Waals surface area contributed by atoms with Crippen LogP contribution in [0.2, 0.25) is 0 Å². The highest BCUT2D eigenvalue weighted by molar-refractivity contribution is 5.82. The van der Waals surface area contributed by atoms with Gasteiger partial charge >= 0.3 is 6.09 Å². The standard InChI is InChI=1S/C13H15NO4/c1-17-11-4-2-3-5-12(11)18-13(16)14-8-6-10(15)7-9-14/h2-5H,6-9H2,1H3. The fourth-order valence-electron chi connectivity index (χ4n) is 1.80. The Bertz CT molecular complexity index is 448. The molecule has 0 aromatic heterocycles. The van der Waals surface area contributed by atoms with Gasteiger partial charge in [0.15, 0.2) is 11.5 Å². The molecule has 18 heavy (non-hydrogen) atoms. The van der Waals surface area contributed by atoms with Crippen molar-refractivity contribution in [2.75, 3.05) is 20.2 Å². The topological polar surface area (TPSA) is 55.8 Å². The van der Waals surface area contributed by atoms with Crippen LogP contribution in [0.5, 0.6) is 11.5 Å². The van der Waals surface area contributed by atoms with Gasteiger partial charge in [-0.3, -0.25) is 4.79 Å². The number of ether oxygens (including phenoxy) is 2. The minimum Gasteiger partial charge on any atom is -0.493 e. The third-order valence-electron chi connectivity index (χ3n) is 2.85. The molecule has 5 nitrogen and oxygen atoms in total. The first-order valence-corrected chi connectivity index (χ1v) is 5.82. The number of hydrogen-bond donors (Lipinski definition) is 0. The van der Waals surface area contributed by atoms with Gasteiger partial charge < -0.3 is 14.4 Å². The maximum Gasteiger partial charge on any atom is 0.415 e. The molecule has 1 aromatic carbocycles. The van der Waals surface area contributed by atoms with Crippen LogP contribution in [0, 0.1) is 0 Å².